The van der Waals surface area contributed by atoms with Crippen LogP contribution in [0.5, 0.6) is 5.75 Å². The molecule has 1 aliphatic heterocycles. The first kappa shape index (κ1) is 18.4. The van der Waals surface area contributed by atoms with Crippen LogP contribution in [-0.4, -0.2) is 55.2 Å². The lowest BCUT2D eigenvalue weighted by atomic mass is 10.1. The third-order valence-electron chi connectivity index (χ3n) is 4.35. The van der Waals surface area contributed by atoms with Crippen molar-refractivity contribution >= 4 is 5.91 Å². The summed E-state index contributed by atoms with van der Waals surface area (Å²) in [7, 11) is 0. The lowest BCUT2D eigenvalue weighted by Gasteiger charge is -2.34. The minimum absolute atomic E-state index is 0.0184. The Hall–Kier alpha value is -2.44. The maximum Gasteiger partial charge on any atom is 0.223 e. The fourth-order valence-electron chi connectivity index (χ4n) is 2.96. The SMILES string of the molecule is O=C(CCOc1ccccc1)NCC(c1ccccn1)N1CCOCC1. The zero-order valence-electron chi connectivity index (χ0n) is 14.8. The van der Waals surface area contributed by atoms with Crippen molar-refractivity contribution in [1.29, 1.82) is 0 Å². The van der Waals surface area contributed by atoms with E-state index in [-0.39, 0.29) is 11.9 Å². The molecule has 6 nitrogen and oxygen atoms in total. The van der Waals surface area contributed by atoms with Crippen molar-refractivity contribution in [1.82, 2.24) is 15.2 Å². The Balaban J connectivity index is 1.49. The lowest BCUT2D eigenvalue weighted by Crippen LogP contribution is -2.44. The molecule has 1 atom stereocenters. The quantitative estimate of drug-likeness (QED) is 0.785. The number of carbonyl (C=O) groups is 1. The van der Waals surface area contributed by atoms with Gasteiger partial charge in [0.2, 0.25) is 5.91 Å². The van der Waals surface area contributed by atoms with Gasteiger partial charge < -0.3 is 14.8 Å². The van der Waals surface area contributed by atoms with Crippen LogP contribution in [0.1, 0.15) is 18.2 Å². The molecule has 0 bridgehead atoms. The summed E-state index contributed by atoms with van der Waals surface area (Å²) in [4.78, 5) is 19.0. The second-order valence-corrected chi connectivity index (χ2v) is 6.13. The summed E-state index contributed by atoms with van der Waals surface area (Å²) < 4.78 is 11.0. The number of carbonyl (C=O) groups excluding carboxylic acids is 1. The van der Waals surface area contributed by atoms with Crippen molar-refractivity contribution in [3.8, 4) is 5.75 Å². The molecule has 1 aromatic heterocycles. The molecule has 1 aliphatic rings. The van der Waals surface area contributed by atoms with Crippen molar-refractivity contribution in [3.63, 3.8) is 0 Å². The van der Waals surface area contributed by atoms with Crippen LogP contribution >= 0.6 is 0 Å². The van der Waals surface area contributed by atoms with Gasteiger partial charge in [0, 0.05) is 25.8 Å². The summed E-state index contributed by atoms with van der Waals surface area (Å²) in [5, 5.41) is 3.02. The second-order valence-electron chi connectivity index (χ2n) is 6.13. The van der Waals surface area contributed by atoms with Crippen LogP contribution in [0, 0.1) is 0 Å². The van der Waals surface area contributed by atoms with E-state index in [1.165, 1.54) is 0 Å². The maximum absolute atomic E-state index is 12.2. The predicted octanol–water partition coefficient (Wildman–Crippen LogP) is 2.04. The highest BCUT2D eigenvalue weighted by Crippen LogP contribution is 2.19. The first-order valence-electron chi connectivity index (χ1n) is 9.00. The number of hydrogen-bond donors (Lipinski definition) is 1. The number of para-hydroxylation sites is 1. The van der Waals surface area contributed by atoms with Gasteiger partial charge in [-0.05, 0) is 24.3 Å². The fraction of sp³-hybridized carbons (Fsp3) is 0.400. The number of nitrogens with one attached hydrogen (secondary N) is 1. The standard InChI is InChI=1S/C20H25N3O3/c24-20(9-13-26-17-6-2-1-3-7-17)22-16-19(18-8-4-5-10-21-18)23-11-14-25-15-12-23/h1-8,10,19H,9,11-16H2,(H,22,24). The summed E-state index contributed by atoms with van der Waals surface area (Å²) in [5.74, 6) is 0.759. The molecule has 0 spiro atoms. The van der Waals surface area contributed by atoms with E-state index < -0.39 is 0 Å². The number of pyridine rings is 1. The summed E-state index contributed by atoms with van der Waals surface area (Å²) >= 11 is 0. The van der Waals surface area contributed by atoms with E-state index in [1.807, 2.05) is 48.5 Å². The predicted molar refractivity (Wildman–Crippen MR) is 98.9 cm³/mol. The lowest BCUT2D eigenvalue weighted by molar-refractivity contribution is -0.121. The van der Waals surface area contributed by atoms with E-state index in [1.54, 1.807) is 6.20 Å². The zero-order chi connectivity index (χ0) is 18.0. The molecule has 1 saturated heterocycles. The second kappa shape index (κ2) is 9.89. The molecular weight excluding hydrogens is 330 g/mol. The van der Waals surface area contributed by atoms with E-state index in [2.05, 4.69) is 15.2 Å². The van der Waals surface area contributed by atoms with Gasteiger partial charge in [0.05, 0.1) is 38.0 Å². The number of amides is 1. The molecule has 1 fully saturated rings. The Bertz CT molecular complexity index is 661. The van der Waals surface area contributed by atoms with Gasteiger partial charge in [-0.25, -0.2) is 0 Å². The molecular formula is C20H25N3O3. The average molecular weight is 355 g/mol. The number of rotatable bonds is 8. The number of nitrogens with zero attached hydrogens (tertiary/aromatic N) is 2. The van der Waals surface area contributed by atoms with Gasteiger partial charge >= 0.3 is 0 Å². The highest BCUT2D eigenvalue weighted by molar-refractivity contribution is 5.76. The molecule has 2 heterocycles. The first-order chi connectivity index (χ1) is 12.8. The molecule has 3 rings (SSSR count). The molecule has 1 amide bonds. The molecule has 1 unspecified atom stereocenters. The van der Waals surface area contributed by atoms with Gasteiger partial charge in [-0.3, -0.25) is 14.7 Å². The number of ether oxygens (including phenoxy) is 2. The molecule has 6 heteroatoms. The minimum Gasteiger partial charge on any atom is -0.493 e. The summed E-state index contributed by atoms with van der Waals surface area (Å²) in [6, 6.07) is 15.5. The third-order valence-corrected chi connectivity index (χ3v) is 4.35. The summed E-state index contributed by atoms with van der Waals surface area (Å²) in [5.41, 5.74) is 0.968. The zero-order valence-corrected chi connectivity index (χ0v) is 14.8. The van der Waals surface area contributed by atoms with Crippen molar-refractivity contribution in [2.45, 2.75) is 12.5 Å². The van der Waals surface area contributed by atoms with Gasteiger partial charge in [0.15, 0.2) is 0 Å². The molecule has 0 aliphatic carbocycles. The van der Waals surface area contributed by atoms with Crippen molar-refractivity contribution < 1.29 is 14.3 Å². The van der Waals surface area contributed by atoms with E-state index in [4.69, 9.17) is 9.47 Å². The fourth-order valence-corrected chi connectivity index (χ4v) is 2.96. The van der Waals surface area contributed by atoms with Crippen molar-refractivity contribution in [2.75, 3.05) is 39.5 Å². The van der Waals surface area contributed by atoms with Crippen LogP contribution in [0.3, 0.4) is 0 Å². The summed E-state index contributed by atoms with van der Waals surface area (Å²) in [6.07, 6.45) is 2.12. The Morgan fingerprint density at radius 2 is 1.92 bits per heavy atom. The molecule has 138 valence electrons. The molecule has 26 heavy (non-hydrogen) atoms. The van der Waals surface area contributed by atoms with Crippen molar-refractivity contribution in [3.05, 3.63) is 60.4 Å². The monoisotopic (exact) mass is 355 g/mol. The van der Waals surface area contributed by atoms with Gasteiger partial charge in [-0.2, -0.15) is 0 Å². The van der Waals surface area contributed by atoms with Gasteiger partial charge in [-0.1, -0.05) is 24.3 Å². The Morgan fingerprint density at radius 3 is 2.65 bits per heavy atom. The van der Waals surface area contributed by atoms with E-state index >= 15 is 0 Å². The molecule has 0 saturated carbocycles. The first-order valence-corrected chi connectivity index (χ1v) is 9.00. The van der Waals surface area contributed by atoms with Crippen LogP contribution in [0.25, 0.3) is 0 Å². The van der Waals surface area contributed by atoms with Crippen LogP contribution < -0.4 is 10.1 Å². The molecule has 1 aromatic carbocycles. The molecule has 2 aromatic rings. The van der Waals surface area contributed by atoms with Crippen LogP contribution in [0.4, 0.5) is 0 Å². The number of hydrogen-bond acceptors (Lipinski definition) is 5. The van der Waals surface area contributed by atoms with Crippen LogP contribution in [0.15, 0.2) is 54.7 Å². The number of benzene rings is 1. The average Bonchev–Trinajstić information content (AvgIpc) is 2.71. The van der Waals surface area contributed by atoms with Crippen LogP contribution in [-0.2, 0) is 9.53 Å². The smallest absolute Gasteiger partial charge is 0.223 e. The van der Waals surface area contributed by atoms with E-state index in [9.17, 15) is 4.79 Å². The highest BCUT2D eigenvalue weighted by atomic mass is 16.5. The Kier molecular flexibility index (Phi) is 6.98. The highest BCUT2D eigenvalue weighted by Gasteiger charge is 2.24. The topological polar surface area (TPSA) is 63.7 Å². The van der Waals surface area contributed by atoms with Gasteiger partial charge in [-0.15, -0.1) is 0 Å². The Morgan fingerprint density at radius 1 is 1.15 bits per heavy atom. The summed E-state index contributed by atoms with van der Waals surface area (Å²) in [6.45, 7) is 4.00. The van der Waals surface area contributed by atoms with Crippen LogP contribution in [0.2, 0.25) is 0 Å². The van der Waals surface area contributed by atoms with E-state index in [0.29, 0.717) is 32.8 Å². The minimum atomic E-state index is -0.0184. The van der Waals surface area contributed by atoms with E-state index in [0.717, 1.165) is 24.5 Å². The normalized spacial score (nSPS) is 16.0. The number of aromatic nitrogens is 1. The number of morpholine rings is 1. The third kappa shape index (κ3) is 5.54. The molecule has 0 radical (unpaired) electrons. The Labute approximate surface area is 154 Å². The van der Waals surface area contributed by atoms with Gasteiger partial charge in [0.1, 0.15) is 5.75 Å². The largest absolute Gasteiger partial charge is 0.493 e. The van der Waals surface area contributed by atoms with Gasteiger partial charge in [0.25, 0.3) is 0 Å². The maximum atomic E-state index is 12.2. The molecule has 1 N–H and O–H groups in total. The van der Waals surface area contributed by atoms with Crippen molar-refractivity contribution in [2.24, 2.45) is 0 Å².